The van der Waals surface area contributed by atoms with Crippen LogP contribution in [0.2, 0.25) is 5.02 Å². The van der Waals surface area contributed by atoms with E-state index in [-0.39, 0.29) is 0 Å². The van der Waals surface area contributed by atoms with Crippen molar-refractivity contribution in [3.8, 4) is 5.75 Å². The first-order valence-corrected chi connectivity index (χ1v) is 7.61. The zero-order valence-electron chi connectivity index (χ0n) is 12.5. The average Bonchev–Trinajstić information content (AvgIpc) is 2.94. The van der Waals surface area contributed by atoms with E-state index in [1.165, 1.54) is 0 Å². The predicted octanol–water partition coefficient (Wildman–Crippen LogP) is 2.68. The van der Waals surface area contributed by atoms with Crippen LogP contribution in [0.25, 0.3) is 0 Å². The summed E-state index contributed by atoms with van der Waals surface area (Å²) in [5.74, 6) is 0.837. The van der Waals surface area contributed by atoms with Crippen molar-refractivity contribution in [1.29, 1.82) is 0 Å². The van der Waals surface area contributed by atoms with Gasteiger partial charge in [0.05, 0.1) is 12.2 Å². The molecule has 1 heterocycles. The van der Waals surface area contributed by atoms with Gasteiger partial charge in [0.2, 0.25) is 0 Å². The summed E-state index contributed by atoms with van der Waals surface area (Å²) in [6.45, 7) is 7.03. The van der Waals surface area contributed by atoms with Crippen molar-refractivity contribution in [3.63, 3.8) is 0 Å². The van der Waals surface area contributed by atoms with Gasteiger partial charge in [-0.05, 0) is 36.7 Å². The van der Waals surface area contributed by atoms with Crippen LogP contribution < -0.4 is 10.1 Å². The van der Waals surface area contributed by atoms with Gasteiger partial charge in [-0.25, -0.2) is 4.68 Å². The van der Waals surface area contributed by atoms with Gasteiger partial charge in [-0.3, -0.25) is 0 Å². The summed E-state index contributed by atoms with van der Waals surface area (Å²) >= 11 is 6.09. The lowest BCUT2D eigenvalue weighted by Crippen LogP contribution is -2.12. The number of rotatable bonds is 8. The van der Waals surface area contributed by atoms with Crippen molar-refractivity contribution < 1.29 is 4.74 Å². The Hall–Kier alpha value is -1.59. The first kappa shape index (κ1) is 15.8. The summed E-state index contributed by atoms with van der Waals surface area (Å²) < 4.78 is 7.53. The molecule has 21 heavy (non-hydrogen) atoms. The minimum absolute atomic E-state index is 0.550. The second-order valence-corrected chi connectivity index (χ2v) is 5.12. The van der Waals surface area contributed by atoms with Crippen LogP contribution in [-0.4, -0.2) is 28.1 Å². The van der Waals surface area contributed by atoms with Gasteiger partial charge in [-0.1, -0.05) is 30.7 Å². The third-order valence-corrected chi connectivity index (χ3v) is 3.50. The summed E-state index contributed by atoms with van der Waals surface area (Å²) in [4.78, 5) is 0. The van der Waals surface area contributed by atoms with Crippen molar-refractivity contribution in [2.75, 3.05) is 13.2 Å². The fourth-order valence-electron chi connectivity index (χ4n) is 1.95. The van der Waals surface area contributed by atoms with Gasteiger partial charge in [0.25, 0.3) is 0 Å². The van der Waals surface area contributed by atoms with E-state index in [0.717, 1.165) is 41.5 Å². The Morgan fingerprint density at radius 1 is 1.33 bits per heavy atom. The van der Waals surface area contributed by atoms with Crippen LogP contribution in [0, 0.1) is 0 Å². The molecule has 0 atom stereocenters. The van der Waals surface area contributed by atoms with E-state index in [4.69, 9.17) is 16.3 Å². The Bertz CT molecular complexity index is 571. The lowest BCUT2D eigenvalue weighted by atomic mass is 10.1. The Kier molecular flexibility index (Phi) is 6.02. The molecule has 0 bridgehead atoms. The van der Waals surface area contributed by atoms with Gasteiger partial charge in [-0.2, -0.15) is 0 Å². The summed E-state index contributed by atoms with van der Waals surface area (Å²) in [7, 11) is 0. The zero-order valence-corrected chi connectivity index (χ0v) is 13.2. The Morgan fingerprint density at radius 2 is 2.19 bits per heavy atom. The highest BCUT2D eigenvalue weighted by atomic mass is 35.5. The van der Waals surface area contributed by atoms with E-state index in [1.54, 1.807) is 4.68 Å². The minimum Gasteiger partial charge on any atom is -0.492 e. The maximum atomic E-state index is 6.09. The first-order valence-electron chi connectivity index (χ1n) is 7.23. The zero-order chi connectivity index (χ0) is 15.1. The first-order chi connectivity index (χ1) is 10.2. The number of aryl methyl sites for hydroxylation is 1. The van der Waals surface area contributed by atoms with E-state index in [0.29, 0.717) is 13.2 Å². The normalized spacial score (nSPS) is 10.8. The van der Waals surface area contributed by atoms with Crippen molar-refractivity contribution in [1.82, 2.24) is 20.3 Å². The van der Waals surface area contributed by atoms with Crippen LogP contribution in [0.3, 0.4) is 0 Å². The van der Waals surface area contributed by atoms with Crippen LogP contribution in [0.1, 0.15) is 25.1 Å². The van der Waals surface area contributed by atoms with Gasteiger partial charge in [0, 0.05) is 17.8 Å². The second-order valence-electron chi connectivity index (χ2n) is 4.71. The second kappa shape index (κ2) is 8.00. The molecule has 0 amide bonds. The monoisotopic (exact) mass is 308 g/mol. The van der Waals surface area contributed by atoms with Crippen molar-refractivity contribution in [2.24, 2.45) is 0 Å². The smallest absolute Gasteiger partial charge is 0.119 e. The fourth-order valence-corrected chi connectivity index (χ4v) is 2.20. The molecule has 114 valence electrons. The summed E-state index contributed by atoms with van der Waals surface area (Å²) in [5, 5.41) is 12.2. The SMILES string of the molecule is CCNCc1cn(CCOc2ccc(Cl)c(CC)c2)nn1. The third-order valence-electron chi connectivity index (χ3n) is 3.13. The molecular weight excluding hydrogens is 288 g/mol. The minimum atomic E-state index is 0.550. The molecule has 0 fully saturated rings. The largest absolute Gasteiger partial charge is 0.492 e. The van der Waals surface area contributed by atoms with E-state index in [2.05, 4.69) is 29.5 Å². The molecule has 1 aromatic carbocycles. The molecule has 0 unspecified atom stereocenters. The molecule has 2 rings (SSSR count). The molecule has 0 saturated carbocycles. The van der Waals surface area contributed by atoms with Crippen molar-refractivity contribution in [3.05, 3.63) is 40.7 Å². The highest BCUT2D eigenvalue weighted by Crippen LogP contribution is 2.22. The number of hydrogen-bond acceptors (Lipinski definition) is 4. The number of aromatic nitrogens is 3. The molecule has 5 nitrogen and oxygen atoms in total. The number of benzene rings is 1. The molecule has 0 radical (unpaired) electrons. The predicted molar refractivity (Wildman–Crippen MR) is 83.7 cm³/mol. The number of halogens is 1. The highest BCUT2D eigenvalue weighted by molar-refractivity contribution is 6.31. The van der Waals surface area contributed by atoms with Gasteiger partial charge in [0.15, 0.2) is 0 Å². The lowest BCUT2D eigenvalue weighted by Gasteiger charge is -2.08. The van der Waals surface area contributed by atoms with Gasteiger partial charge in [0.1, 0.15) is 12.4 Å². The Balaban J connectivity index is 1.82. The molecule has 1 aromatic heterocycles. The quantitative estimate of drug-likeness (QED) is 0.814. The van der Waals surface area contributed by atoms with Crippen molar-refractivity contribution >= 4 is 11.6 Å². The van der Waals surface area contributed by atoms with Gasteiger partial charge in [-0.15, -0.1) is 5.10 Å². The summed E-state index contributed by atoms with van der Waals surface area (Å²) in [6, 6.07) is 5.75. The van der Waals surface area contributed by atoms with Crippen molar-refractivity contribution in [2.45, 2.75) is 33.4 Å². The molecule has 2 aromatic rings. The standard InChI is InChI=1S/C15H21ClN4O/c1-3-12-9-14(5-6-15(12)16)21-8-7-20-11-13(18-19-20)10-17-4-2/h5-6,9,11,17H,3-4,7-8,10H2,1-2H3. The topological polar surface area (TPSA) is 52.0 Å². The third kappa shape index (κ3) is 4.72. The molecule has 1 N–H and O–H groups in total. The number of nitrogens with one attached hydrogen (secondary N) is 1. The van der Waals surface area contributed by atoms with E-state index in [1.807, 2.05) is 24.4 Å². The number of ether oxygens (including phenoxy) is 1. The van der Waals surface area contributed by atoms with Crippen LogP contribution in [0.4, 0.5) is 0 Å². The van der Waals surface area contributed by atoms with Crippen LogP contribution in [0.5, 0.6) is 5.75 Å². The molecule has 0 aliphatic carbocycles. The van der Waals surface area contributed by atoms with E-state index in [9.17, 15) is 0 Å². The molecular formula is C15H21ClN4O. The summed E-state index contributed by atoms with van der Waals surface area (Å²) in [6.07, 6.45) is 2.83. The van der Waals surface area contributed by atoms with Gasteiger partial charge >= 0.3 is 0 Å². The molecule has 0 saturated heterocycles. The maximum absolute atomic E-state index is 6.09. The maximum Gasteiger partial charge on any atom is 0.119 e. The van der Waals surface area contributed by atoms with E-state index < -0.39 is 0 Å². The highest BCUT2D eigenvalue weighted by Gasteiger charge is 2.03. The molecule has 0 aliphatic rings. The molecule has 0 spiro atoms. The lowest BCUT2D eigenvalue weighted by molar-refractivity contribution is 0.289. The summed E-state index contributed by atoms with van der Waals surface area (Å²) in [5.41, 5.74) is 2.04. The molecule has 0 aliphatic heterocycles. The Labute approximate surface area is 130 Å². The average molecular weight is 309 g/mol. The number of nitrogens with zero attached hydrogens (tertiary/aromatic N) is 3. The van der Waals surface area contributed by atoms with Gasteiger partial charge < -0.3 is 10.1 Å². The van der Waals surface area contributed by atoms with Crippen LogP contribution in [-0.2, 0) is 19.5 Å². The van der Waals surface area contributed by atoms with E-state index >= 15 is 0 Å². The Morgan fingerprint density at radius 3 is 2.95 bits per heavy atom. The fraction of sp³-hybridized carbons (Fsp3) is 0.467. The van der Waals surface area contributed by atoms with Crippen LogP contribution in [0.15, 0.2) is 24.4 Å². The van der Waals surface area contributed by atoms with Crippen LogP contribution >= 0.6 is 11.6 Å². The molecule has 6 heteroatoms. The number of hydrogen-bond donors (Lipinski definition) is 1.